The van der Waals surface area contributed by atoms with E-state index in [1.807, 2.05) is 46.0 Å². The number of likely N-dealkylation sites (tertiary alicyclic amines) is 1. The average Bonchev–Trinajstić information content (AvgIpc) is 3.04. The molecule has 18 heavy (non-hydrogen) atoms. The summed E-state index contributed by atoms with van der Waals surface area (Å²) in [6, 6.07) is 7.88. The van der Waals surface area contributed by atoms with Gasteiger partial charge in [-0.25, -0.2) is 0 Å². The molecular weight excluding hydrogens is 226 g/mol. The maximum atomic E-state index is 12.3. The Morgan fingerprint density at radius 2 is 2.33 bits per heavy atom. The van der Waals surface area contributed by atoms with Gasteiger partial charge >= 0.3 is 0 Å². The van der Waals surface area contributed by atoms with Crippen LogP contribution in [0.25, 0.3) is 5.52 Å². The van der Waals surface area contributed by atoms with Gasteiger partial charge in [-0.2, -0.15) is 0 Å². The van der Waals surface area contributed by atoms with E-state index in [0.29, 0.717) is 12.5 Å². The Kier molecular flexibility index (Phi) is 2.80. The molecule has 3 rings (SSSR count). The smallest absolute Gasteiger partial charge is 0.255 e. The Labute approximate surface area is 106 Å². The third-order valence-electron chi connectivity index (χ3n) is 3.66. The number of pyridine rings is 1. The summed E-state index contributed by atoms with van der Waals surface area (Å²) in [5, 5.41) is 0. The fraction of sp³-hybridized carbons (Fsp3) is 0.357. The largest absolute Gasteiger partial charge is 0.338 e. The molecule has 1 fully saturated rings. The van der Waals surface area contributed by atoms with Crippen molar-refractivity contribution < 1.29 is 4.79 Å². The standard InChI is InChI=1S/C14H17N3O/c15-8-11-4-6-17(9-11)14(18)12-7-13-3-1-2-5-16(13)10-12/h1-3,5,7,10-11H,4,6,8-9,15H2. The lowest BCUT2D eigenvalue weighted by atomic mass is 10.1. The van der Waals surface area contributed by atoms with Crippen LogP contribution in [-0.2, 0) is 0 Å². The normalized spacial score (nSPS) is 19.6. The highest BCUT2D eigenvalue weighted by atomic mass is 16.2. The second-order valence-corrected chi connectivity index (χ2v) is 4.90. The van der Waals surface area contributed by atoms with Gasteiger partial charge in [0.05, 0.1) is 5.56 Å². The molecule has 0 saturated carbocycles. The SMILES string of the molecule is NCC1CCN(C(=O)c2cc3ccccn3c2)C1. The molecule has 3 heterocycles. The first kappa shape index (κ1) is 11.3. The molecule has 1 unspecified atom stereocenters. The average molecular weight is 243 g/mol. The summed E-state index contributed by atoms with van der Waals surface area (Å²) in [5.74, 6) is 0.584. The van der Waals surface area contributed by atoms with E-state index in [1.165, 1.54) is 0 Å². The molecule has 1 aliphatic heterocycles. The van der Waals surface area contributed by atoms with Gasteiger partial charge in [0.2, 0.25) is 0 Å². The van der Waals surface area contributed by atoms with Gasteiger partial charge in [0, 0.05) is 31.0 Å². The van der Waals surface area contributed by atoms with Crippen molar-refractivity contribution >= 4 is 11.4 Å². The lowest BCUT2D eigenvalue weighted by molar-refractivity contribution is 0.0788. The fourth-order valence-corrected chi connectivity index (χ4v) is 2.56. The van der Waals surface area contributed by atoms with Gasteiger partial charge in [0.25, 0.3) is 5.91 Å². The third kappa shape index (κ3) is 1.88. The minimum absolute atomic E-state index is 0.120. The molecular formula is C14H17N3O. The first-order valence-corrected chi connectivity index (χ1v) is 6.34. The number of carbonyl (C=O) groups is 1. The van der Waals surface area contributed by atoms with Gasteiger partial charge < -0.3 is 15.0 Å². The van der Waals surface area contributed by atoms with Crippen molar-refractivity contribution in [3.63, 3.8) is 0 Å². The summed E-state index contributed by atoms with van der Waals surface area (Å²) in [6.45, 7) is 2.29. The van der Waals surface area contributed by atoms with Crippen molar-refractivity contribution in [1.82, 2.24) is 9.30 Å². The molecule has 1 saturated heterocycles. The van der Waals surface area contributed by atoms with Crippen molar-refractivity contribution in [2.75, 3.05) is 19.6 Å². The molecule has 0 bridgehead atoms. The summed E-state index contributed by atoms with van der Waals surface area (Å²) in [4.78, 5) is 14.3. The predicted molar refractivity (Wildman–Crippen MR) is 70.5 cm³/mol. The number of nitrogens with two attached hydrogens (primary N) is 1. The molecule has 2 aromatic rings. The number of rotatable bonds is 2. The zero-order valence-corrected chi connectivity index (χ0v) is 10.2. The maximum absolute atomic E-state index is 12.3. The number of hydrogen-bond donors (Lipinski definition) is 1. The quantitative estimate of drug-likeness (QED) is 0.866. The lowest BCUT2D eigenvalue weighted by Gasteiger charge is -2.15. The molecule has 2 aromatic heterocycles. The fourth-order valence-electron chi connectivity index (χ4n) is 2.56. The summed E-state index contributed by atoms with van der Waals surface area (Å²) >= 11 is 0. The Morgan fingerprint density at radius 1 is 1.44 bits per heavy atom. The van der Waals surface area contributed by atoms with Gasteiger partial charge in [-0.1, -0.05) is 6.07 Å². The van der Waals surface area contributed by atoms with E-state index in [0.717, 1.165) is 30.6 Å². The maximum Gasteiger partial charge on any atom is 0.255 e. The van der Waals surface area contributed by atoms with Crippen LogP contribution in [0.3, 0.4) is 0 Å². The van der Waals surface area contributed by atoms with Crippen LogP contribution in [0.4, 0.5) is 0 Å². The van der Waals surface area contributed by atoms with Crippen LogP contribution in [-0.4, -0.2) is 34.8 Å². The molecule has 1 amide bonds. The van der Waals surface area contributed by atoms with E-state index in [-0.39, 0.29) is 5.91 Å². The van der Waals surface area contributed by atoms with Crippen molar-refractivity contribution in [2.24, 2.45) is 11.7 Å². The van der Waals surface area contributed by atoms with Crippen molar-refractivity contribution in [3.8, 4) is 0 Å². The van der Waals surface area contributed by atoms with E-state index in [9.17, 15) is 4.79 Å². The van der Waals surface area contributed by atoms with Crippen molar-refractivity contribution in [2.45, 2.75) is 6.42 Å². The van der Waals surface area contributed by atoms with Crippen LogP contribution in [0.2, 0.25) is 0 Å². The Bertz CT molecular complexity index is 542. The molecule has 1 aliphatic rings. The zero-order chi connectivity index (χ0) is 12.5. The first-order chi connectivity index (χ1) is 8.78. The molecule has 0 aromatic carbocycles. The van der Waals surface area contributed by atoms with Gasteiger partial charge in [0.15, 0.2) is 0 Å². The van der Waals surface area contributed by atoms with Crippen LogP contribution in [0.15, 0.2) is 36.7 Å². The van der Waals surface area contributed by atoms with E-state index in [2.05, 4.69) is 0 Å². The van der Waals surface area contributed by atoms with Crippen molar-refractivity contribution in [1.29, 1.82) is 0 Å². The second kappa shape index (κ2) is 4.46. The third-order valence-corrected chi connectivity index (χ3v) is 3.66. The zero-order valence-electron chi connectivity index (χ0n) is 10.2. The van der Waals surface area contributed by atoms with Crippen molar-refractivity contribution in [3.05, 3.63) is 42.2 Å². The highest BCUT2D eigenvalue weighted by Gasteiger charge is 2.26. The van der Waals surface area contributed by atoms with Gasteiger partial charge in [-0.15, -0.1) is 0 Å². The van der Waals surface area contributed by atoms with E-state index < -0.39 is 0 Å². The molecule has 2 N–H and O–H groups in total. The van der Waals surface area contributed by atoms with Crippen LogP contribution < -0.4 is 5.73 Å². The minimum atomic E-state index is 0.120. The number of hydrogen-bond acceptors (Lipinski definition) is 2. The predicted octanol–water partition coefficient (Wildman–Crippen LogP) is 1.36. The van der Waals surface area contributed by atoms with Crippen LogP contribution >= 0.6 is 0 Å². The van der Waals surface area contributed by atoms with E-state index in [4.69, 9.17) is 5.73 Å². The molecule has 0 radical (unpaired) electrons. The molecule has 4 nitrogen and oxygen atoms in total. The minimum Gasteiger partial charge on any atom is -0.338 e. The van der Waals surface area contributed by atoms with E-state index in [1.54, 1.807) is 0 Å². The highest BCUT2D eigenvalue weighted by molar-refractivity contribution is 5.95. The first-order valence-electron chi connectivity index (χ1n) is 6.34. The van der Waals surface area contributed by atoms with Gasteiger partial charge in [-0.05, 0) is 37.1 Å². The van der Waals surface area contributed by atoms with E-state index >= 15 is 0 Å². The van der Waals surface area contributed by atoms with Crippen LogP contribution in [0, 0.1) is 5.92 Å². The Morgan fingerprint density at radius 3 is 3.06 bits per heavy atom. The highest BCUT2D eigenvalue weighted by Crippen LogP contribution is 2.19. The number of amides is 1. The molecule has 0 spiro atoms. The molecule has 1 atom stereocenters. The topological polar surface area (TPSA) is 50.7 Å². The molecule has 94 valence electrons. The summed E-state index contributed by atoms with van der Waals surface area (Å²) < 4.78 is 1.98. The number of aromatic nitrogens is 1. The van der Waals surface area contributed by atoms with Crippen LogP contribution in [0.5, 0.6) is 0 Å². The molecule has 4 heteroatoms. The monoisotopic (exact) mass is 243 g/mol. The summed E-state index contributed by atoms with van der Waals surface area (Å²) in [5.41, 5.74) is 7.47. The summed E-state index contributed by atoms with van der Waals surface area (Å²) in [6.07, 6.45) is 4.88. The van der Waals surface area contributed by atoms with Gasteiger partial charge in [0.1, 0.15) is 0 Å². The number of nitrogens with zero attached hydrogens (tertiary/aromatic N) is 2. The molecule has 0 aliphatic carbocycles. The number of carbonyl (C=O) groups excluding carboxylic acids is 1. The Balaban J connectivity index is 1.84. The van der Waals surface area contributed by atoms with Crippen LogP contribution in [0.1, 0.15) is 16.8 Å². The number of fused-ring (bicyclic) bond motifs is 1. The van der Waals surface area contributed by atoms with Gasteiger partial charge in [-0.3, -0.25) is 4.79 Å². The Hall–Kier alpha value is -1.81. The second-order valence-electron chi connectivity index (χ2n) is 4.90. The lowest BCUT2D eigenvalue weighted by Crippen LogP contribution is -2.29. The summed E-state index contributed by atoms with van der Waals surface area (Å²) in [7, 11) is 0.